The molecule has 16 heavy (non-hydrogen) atoms. The van der Waals surface area contributed by atoms with Crippen LogP contribution in [0.3, 0.4) is 0 Å². The second-order valence-corrected chi connectivity index (χ2v) is 3.27. The van der Waals surface area contributed by atoms with Gasteiger partial charge in [-0.1, -0.05) is 28.6 Å². The van der Waals surface area contributed by atoms with Crippen LogP contribution in [0.2, 0.25) is 5.02 Å². The summed E-state index contributed by atoms with van der Waals surface area (Å²) in [6, 6.07) is 4.97. The highest BCUT2D eigenvalue weighted by Gasteiger charge is 1.98. The molecule has 0 N–H and O–H groups in total. The first-order valence-electron chi connectivity index (χ1n) is 4.52. The Hall–Kier alpha value is -1.95. The molecule has 0 bridgehead atoms. The topological polar surface area (TPSA) is 65.8 Å². The van der Waals surface area contributed by atoms with E-state index >= 15 is 0 Å². The molecule has 0 aliphatic heterocycles. The van der Waals surface area contributed by atoms with Gasteiger partial charge in [0.25, 0.3) is 0 Å². The Morgan fingerprint density at radius 3 is 3.00 bits per heavy atom. The Bertz CT molecular complexity index is 496. The number of hydrogen-bond acceptors (Lipinski definition) is 2. The number of azide groups is 1. The zero-order valence-electron chi connectivity index (χ0n) is 8.35. The maximum Gasteiger partial charge on any atom is 0.151 e. The maximum atomic E-state index is 10.5. The molecule has 1 rings (SSSR count). The van der Waals surface area contributed by atoms with E-state index in [1.54, 1.807) is 18.2 Å². The summed E-state index contributed by atoms with van der Waals surface area (Å²) in [5.41, 5.74) is 9.21. The van der Waals surface area contributed by atoms with E-state index < -0.39 is 0 Å². The van der Waals surface area contributed by atoms with E-state index in [1.807, 2.05) is 0 Å². The molecule has 0 amide bonds. The predicted molar refractivity (Wildman–Crippen MR) is 62.3 cm³/mol. The zero-order valence-corrected chi connectivity index (χ0v) is 9.11. The molecule has 80 valence electrons. The average molecular weight is 234 g/mol. The minimum absolute atomic E-state index is 0.351. The van der Waals surface area contributed by atoms with Gasteiger partial charge < -0.3 is 0 Å². The van der Waals surface area contributed by atoms with Crippen molar-refractivity contribution in [1.82, 2.24) is 0 Å². The van der Waals surface area contributed by atoms with Crippen LogP contribution in [0.5, 0.6) is 0 Å². The minimum atomic E-state index is 0.351. The molecule has 0 aliphatic rings. The van der Waals surface area contributed by atoms with E-state index in [4.69, 9.17) is 17.1 Å². The van der Waals surface area contributed by atoms with Crippen molar-refractivity contribution in [2.75, 3.05) is 6.54 Å². The Kier molecular flexibility index (Phi) is 4.94. The highest BCUT2D eigenvalue weighted by molar-refractivity contribution is 6.33. The van der Waals surface area contributed by atoms with Gasteiger partial charge in [0.15, 0.2) is 6.29 Å². The molecule has 0 saturated heterocycles. The summed E-state index contributed by atoms with van der Waals surface area (Å²) in [5, 5.41) is 3.74. The molecular weight excluding hydrogens is 226 g/mol. The smallest absolute Gasteiger partial charge is 0.151 e. The van der Waals surface area contributed by atoms with Crippen LogP contribution >= 0.6 is 11.6 Å². The van der Waals surface area contributed by atoms with Gasteiger partial charge >= 0.3 is 0 Å². The molecule has 0 saturated carbocycles. The predicted octanol–water partition coefficient (Wildman–Crippen LogP) is 3.20. The lowest BCUT2D eigenvalue weighted by molar-refractivity contribution is 0.112. The number of rotatable bonds is 3. The first kappa shape index (κ1) is 12.1. The van der Waals surface area contributed by atoms with E-state index in [0.717, 1.165) is 5.56 Å². The van der Waals surface area contributed by atoms with E-state index in [1.165, 1.54) is 0 Å². The normalized spacial score (nSPS) is 8.56. The van der Waals surface area contributed by atoms with Gasteiger partial charge in [0, 0.05) is 29.0 Å². The van der Waals surface area contributed by atoms with E-state index in [-0.39, 0.29) is 0 Å². The van der Waals surface area contributed by atoms with E-state index in [0.29, 0.717) is 29.8 Å². The van der Waals surface area contributed by atoms with Gasteiger partial charge in [-0.2, -0.15) is 0 Å². The lowest BCUT2D eigenvalue weighted by atomic mass is 10.1. The molecule has 0 fully saturated rings. The third-order valence-corrected chi connectivity index (χ3v) is 2.09. The number of carbonyl (C=O) groups excluding carboxylic acids is 1. The van der Waals surface area contributed by atoms with Crippen LogP contribution in [0.4, 0.5) is 0 Å². The van der Waals surface area contributed by atoms with Crippen LogP contribution in [-0.2, 0) is 0 Å². The van der Waals surface area contributed by atoms with Crippen molar-refractivity contribution in [3.8, 4) is 11.8 Å². The summed E-state index contributed by atoms with van der Waals surface area (Å²) in [7, 11) is 0. The summed E-state index contributed by atoms with van der Waals surface area (Å²) in [6.45, 7) is 0.351. The first-order chi connectivity index (χ1) is 7.77. The van der Waals surface area contributed by atoms with Gasteiger partial charge in [-0.25, -0.2) is 0 Å². The summed E-state index contributed by atoms with van der Waals surface area (Å²) in [6.07, 6.45) is 1.19. The number of aldehydes is 1. The van der Waals surface area contributed by atoms with Crippen molar-refractivity contribution in [3.05, 3.63) is 44.8 Å². The second-order valence-electron chi connectivity index (χ2n) is 2.86. The minimum Gasteiger partial charge on any atom is -0.298 e. The average Bonchev–Trinajstić information content (AvgIpc) is 2.29. The third kappa shape index (κ3) is 3.66. The quantitative estimate of drug-likeness (QED) is 0.197. The van der Waals surface area contributed by atoms with Gasteiger partial charge in [-0.05, 0) is 23.7 Å². The van der Waals surface area contributed by atoms with Crippen molar-refractivity contribution < 1.29 is 4.79 Å². The summed E-state index contributed by atoms with van der Waals surface area (Å²) in [5.74, 6) is 5.70. The Morgan fingerprint density at radius 1 is 1.56 bits per heavy atom. The van der Waals surface area contributed by atoms with Gasteiger partial charge in [0.2, 0.25) is 0 Å². The van der Waals surface area contributed by atoms with Crippen LogP contribution in [0, 0.1) is 11.8 Å². The lowest BCUT2D eigenvalue weighted by Crippen LogP contribution is -1.83. The number of hydrogen-bond donors (Lipinski definition) is 0. The summed E-state index contributed by atoms with van der Waals surface area (Å²) >= 11 is 5.83. The molecule has 5 heteroatoms. The standard InChI is InChI=1S/C11H8ClN3O/c12-11-7-9(4-5-10(11)8-16)3-1-2-6-14-15-13/h4-5,7-8H,2,6H2. The molecule has 4 nitrogen and oxygen atoms in total. The molecule has 0 atom stereocenters. The molecule has 1 aromatic rings. The number of halogens is 1. The van der Waals surface area contributed by atoms with E-state index in [2.05, 4.69) is 21.9 Å². The van der Waals surface area contributed by atoms with Crippen molar-refractivity contribution in [2.24, 2.45) is 5.11 Å². The first-order valence-corrected chi connectivity index (χ1v) is 4.90. The highest BCUT2D eigenvalue weighted by atomic mass is 35.5. The van der Waals surface area contributed by atoms with Gasteiger partial charge in [-0.3, -0.25) is 4.79 Å². The van der Waals surface area contributed by atoms with Crippen LogP contribution in [0.25, 0.3) is 10.4 Å². The maximum absolute atomic E-state index is 10.5. The molecule has 0 aromatic heterocycles. The summed E-state index contributed by atoms with van der Waals surface area (Å²) < 4.78 is 0. The van der Waals surface area contributed by atoms with Gasteiger partial charge in [0.05, 0.1) is 5.02 Å². The largest absolute Gasteiger partial charge is 0.298 e. The Morgan fingerprint density at radius 2 is 2.38 bits per heavy atom. The van der Waals surface area contributed by atoms with Crippen LogP contribution in [0.1, 0.15) is 22.3 Å². The number of benzene rings is 1. The molecule has 0 unspecified atom stereocenters. The Labute approximate surface area is 97.9 Å². The third-order valence-electron chi connectivity index (χ3n) is 1.76. The highest BCUT2D eigenvalue weighted by Crippen LogP contribution is 2.15. The van der Waals surface area contributed by atoms with Crippen LogP contribution in [0.15, 0.2) is 23.3 Å². The zero-order chi connectivity index (χ0) is 11.8. The van der Waals surface area contributed by atoms with Gasteiger partial charge in [0.1, 0.15) is 0 Å². The summed E-state index contributed by atoms with van der Waals surface area (Å²) in [4.78, 5) is 13.1. The Balaban J connectivity index is 2.70. The molecule has 1 aromatic carbocycles. The lowest BCUT2D eigenvalue weighted by Gasteiger charge is -1.95. The second kappa shape index (κ2) is 6.52. The fourth-order valence-corrected chi connectivity index (χ4v) is 1.24. The fourth-order valence-electron chi connectivity index (χ4n) is 1.02. The molecule has 0 heterocycles. The van der Waals surface area contributed by atoms with Crippen molar-refractivity contribution >= 4 is 17.9 Å². The van der Waals surface area contributed by atoms with Gasteiger partial charge in [-0.15, -0.1) is 0 Å². The number of nitrogens with zero attached hydrogens (tertiary/aromatic N) is 3. The van der Waals surface area contributed by atoms with Crippen LogP contribution in [-0.4, -0.2) is 12.8 Å². The van der Waals surface area contributed by atoms with Crippen molar-refractivity contribution in [2.45, 2.75) is 6.42 Å². The molecular formula is C11H8ClN3O. The van der Waals surface area contributed by atoms with Crippen molar-refractivity contribution in [3.63, 3.8) is 0 Å². The molecule has 0 aliphatic carbocycles. The number of carbonyl (C=O) groups is 1. The van der Waals surface area contributed by atoms with E-state index in [9.17, 15) is 4.79 Å². The van der Waals surface area contributed by atoms with Crippen LogP contribution < -0.4 is 0 Å². The molecule has 0 radical (unpaired) electrons. The SMILES string of the molecule is [N-]=[N+]=NCCC#Cc1ccc(C=O)c(Cl)c1. The van der Waals surface area contributed by atoms with Crippen molar-refractivity contribution in [1.29, 1.82) is 0 Å². The monoisotopic (exact) mass is 233 g/mol. The molecule has 0 spiro atoms. The fraction of sp³-hybridized carbons (Fsp3) is 0.182.